The summed E-state index contributed by atoms with van der Waals surface area (Å²) in [6.45, 7) is 2.76. The first-order valence-corrected chi connectivity index (χ1v) is 22.0. The van der Waals surface area contributed by atoms with Gasteiger partial charge in [0, 0.05) is 26.3 Å². The van der Waals surface area contributed by atoms with E-state index in [-0.39, 0.29) is 37.3 Å². The summed E-state index contributed by atoms with van der Waals surface area (Å²) in [5, 5.41) is 2.55. The van der Waals surface area contributed by atoms with Gasteiger partial charge in [-0.2, -0.15) is 0 Å². The Labute approximate surface area is 348 Å². The van der Waals surface area contributed by atoms with E-state index in [2.05, 4.69) is 24.4 Å². The number of carbonyl (C=O) groups excluding carboxylic acids is 3. The van der Waals surface area contributed by atoms with Crippen LogP contribution in [0.2, 0.25) is 0 Å². The molecule has 1 aliphatic heterocycles. The fourth-order valence-electron chi connectivity index (χ4n) is 8.09. The largest absolute Gasteiger partial charge is 0.497 e. The Kier molecular flexibility index (Phi) is 20.7. The topological polar surface area (TPSA) is 103 Å². The van der Waals surface area contributed by atoms with E-state index in [0.717, 1.165) is 47.5 Å². The van der Waals surface area contributed by atoms with Gasteiger partial charge in [-0.25, -0.2) is 0 Å². The SMILES string of the molecule is CCCCCCCCCCCCCCCCCC(=O)N1C[C@H](OC(=O)CCC(=O)NC)C[C@H]1COC(c1ccccc1)(c1ccc(OC)cc1)c1ccc(OC)cc1. The summed E-state index contributed by atoms with van der Waals surface area (Å²) in [4.78, 5) is 40.5. The number of benzene rings is 3. The summed E-state index contributed by atoms with van der Waals surface area (Å²) in [5.41, 5.74) is 1.67. The number of carbonyl (C=O) groups is 3. The van der Waals surface area contributed by atoms with Crippen molar-refractivity contribution in [3.63, 3.8) is 0 Å². The van der Waals surface area contributed by atoms with Crippen LogP contribution in [0.15, 0.2) is 78.9 Å². The number of esters is 1. The Morgan fingerprint density at radius 1 is 0.638 bits per heavy atom. The maximum absolute atomic E-state index is 14.0. The van der Waals surface area contributed by atoms with Crippen molar-refractivity contribution >= 4 is 17.8 Å². The molecule has 3 aromatic rings. The maximum atomic E-state index is 14.0. The number of hydrogen-bond acceptors (Lipinski definition) is 7. The smallest absolute Gasteiger partial charge is 0.306 e. The van der Waals surface area contributed by atoms with Crippen molar-refractivity contribution in [2.75, 3.05) is 34.4 Å². The van der Waals surface area contributed by atoms with Crippen molar-refractivity contribution < 1.29 is 33.3 Å². The van der Waals surface area contributed by atoms with E-state index in [1.807, 2.05) is 71.6 Å². The second-order valence-corrected chi connectivity index (χ2v) is 15.7. The third kappa shape index (κ3) is 14.5. The number of hydrogen-bond donors (Lipinski definition) is 1. The summed E-state index contributed by atoms with van der Waals surface area (Å²) in [6, 6.07) is 25.5. The first-order valence-electron chi connectivity index (χ1n) is 22.0. The van der Waals surface area contributed by atoms with Crippen molar-refractivity contribution in [3.05, 3.63) is 95.6 Å². The van der Waals surface area contributed by atoms with Crippen LogP contribution in [0.4, 0.5) is 0 Å². The molecular formula is C49H70N2O7. The minimum Gasteiger partial charge on any atom is -0.497 e. The van der Waals surface area contributed by atoms with Gasteiger partial charge in [-0.15, -0.1) is 0 Å². The van der Waals surface area contributed by atoms with Crippen molar-refractivity contribution in [1.82, 2.24) is 10.2 Å². The van der Waals surface area contributed by atoms with Crippen LogP contribution >= 0.6 is 0 Å². The average molecular weight is 799 g/mol. The first kappa shape index (κ1) is 46.3. The standard InChI is InChI=1S/C49H70N2O7/c1-5-6-7-8-9-10-11-12-13-14-15-16-17-18-22-25-47(53)51-37-45(58-48(54)35-34-46(52)50-2)36-42(51)38-57-49(39-23-20-19-21-24-39,40-26-30-43(55-3)31-27-40)41-28-32-44(56-4)33-29-41/h19-21,23-24,26-33,42,45H,5-18,22,25,34-38H2,1-4H3,(H,50,52)/t42-,45+/m0/s1. The zero-order valence-corrected chi connectivity index (χ0v) is 35.8. The zero-order chi connectivity index (χ0) is 41.4. The van der Waals surface area contributed by atoms with Crippen LogP contribution in [-0.2, 0) is 29.5 Å². The number of amides is 2. The first-order chi connectivity index (χ1) is 28.3. The molecule has 0 aliphatic carbocycles. The molecule has 1 aliphatic rings. The third-order valence-electron chi connectivity index (χ3n) is 11.5. The van der Waals surface area contributed by atoms with Gasteiger partial charge in [-0.1, -0.05) is 151 Å². The molecule has 1 fully saturated rings. The van der Waals surface area contributed by atoms with Crippen LogP contribution in [0.25, 0.3) is 0 Å². The summed E-state index contributed by atoms with van der Waals surface area (Å²) < 4.78 is 24.1. The van der Waals surface area contributed by atoms with Crippen LogP contribution in [0.1, 0.15) is 146 Å². The van der Waals surface area contributed by atoms with Gasteiger partial charge in [0.15, 0.2) is 0 Å². The molecule has 9 heteroatoms. The van der Waals surface area contributed by atoms with Crippen LogP contribution in [0.5, 0.6) is 11.5 Å². The number of unbranched alkanes of at least 4 members (excludes halogenated alkanes) is 14. The third-order valence-corrected chi connectivity index (χ3v) is 11.5. The molecular weight excluding hydrogens is 729 g/mol. The van der Waals surface area contributed by atoms with Gasteiger partial charge in [-0.05, 0) is 47.4 Å². The number of rotatable bonds is 28. The van der Waals surface area contributed by atoms with Gasteiger partial charge in [0.25, 0.3) is 0 Å². The van der Waals surface area contributed by atoms with Crippen LogP contribution in [0.3, 0.4) is 0 Å². The van der Waals surface area contributed by atoms with Crippen LogP contribution in [-0.4, -0.2) is 69.2 Å². The lowest BCUT2D eigenvalue weighted by atomic mass is 9.80. The highest BCUT2D eigenvalue weighted by Crippen LogP contribution is 2.42. The van der Waals surface area contributed by atoms with E-state index < -0.39 is 17.7 Å². The molecule has 58 heavy (non-hydrogen) atoms. The average Bonchev–Trinajstić information content (AvgIpc) is 3.67. The number of likely N-dealkylation sites (tertiary alicyclic amines) is 1. The van der Waals surface area contributed by atoms with Gasteiger partial charge in [0.1, 0.15) is 23.2 Å². The molecule has 318 valence electrons. The Morgan fingerprint density at radius 2 is 1.12 bits per heavy atom. The second kappa shape index (κ2) is 25.9. The molecule has 0 bridgehead atoms. The summed E-state index contributed by atoms with van der Waals surface area (Å²) in [6.07, 6.45) is 19.4. The Balaban J connectivity index is 1.43. The van der Waals surface area contributed by atoms with Gasteiger partial charge in [0.2, 0.25) is 11.8 Å². The molecule has 0 saturated carbocycles. The minimum atomic E-state index is -1.05. The summed E-state index contributed by atoms with van der Waals surface area (Å²) in [7, 11) is 4.84. The van der Waals surface area contributed by atoms with Crippen molar-refractivity contribution in [2.24, 2.45) is 0 Å². The molecule has 2 amide bonds. The van der Waals surface area contributed by atoms with E-state index in [0.29, 0.717) is 19.4 Å². The van der Waals surface area contributed by atoms with E-state index in [1.165, 1.54) is 77.0 Å². The zero-order valence-electron chi connectivity index (χ0n) is 35.8. The lowest BCUT2D eigenvalue weighted by molar-refractivity contribution is -0.150. The quantitative estimate of drug-likeness (QED) is 0.0443. The molecule has 0 radical (unpaired) electrons. The molecule has 1 N–H and O–H groups in total. The molecule has 0 spiro atoms. The highest BCUT2D eigenvalue weighted by molar-refractivity contribution is 5.81. The normalized spacial score (nSPS) is 15.3. The summed E-state index contributed by atoms with van der Waals surface area (Å²) in [5.74, 6) is 0.844. The van der Waals surface area contributed by atoms with E-state index in [4.69, 9.17) is 18.9 Å². The Bertz CT molecular complexity index is 1560. The van der Waals surface area contributed by atoms with Gasteiger partial charge in [-0.3, -0.25) is 14.4 Å². The second-order valence-electron chi connectivity index (χ2n) is 15.7. The fourth-order valence-corrected chi connectivity index (χ4v) is 8.09. The molecule has 3 aromatic carbocycles. The van der Waals surface area contributed by atoms with Crippen LogP contribution < -0.4 is 14.8 Å². The summed E-state index contributed by atoms with van der Waals surface area (Å²) >= 11 is 0. The van der Waals surface area contributed by atoms with E-state index in [9.17, 15) is 14.4 Å². The predicted octanol–water partition coefficient (Wildman–Crippen LogP) is 10.3. The monoisotopic (exact) mass is 799 g/mol. The molecule has 4 rings (SSSR count). The van der Waals surface area contributed by atoms with Crippen LogP contribution in [0, 0.1) is 0 Å². The van der Waals surface area contributed by atoms with Gasteiger partial charge in [0.05, 0.1) is 39.8 Å². The Hall–Kier alpha value is -4.37. The lowest BCUT2D eigenvalue weighted by Gasteiger charge is -2.38. The number of ether oxygens (including phenoxy) is 4. The van der Waals surface area contributed by atoms with Crippen molar-refractivity contribution in [2.45, 2.75) is 147 Å². The van der Waals surface area contributed by atoms with E-state index >= 15 is 0 Å². The number of methoxy groups -OCH3 is 2. The lowest BCUT2D eigenvalue weighted by Crippen LogP contribution is -2.42. The minimum absolute atomic E-state index is 0.0174. The number of nitrogens with one attached hydrogen (secondary N) is 1. The predicted molar refractivity (Wildman–Crippen MR) is 231 cm³/mol. The van der Waals surface area contributed by atoms with Gasteiger partial charge < -0.3 is 29.2 Å². The number of nitrogens with zero attached hydrogens (tertiary/aromatic N) is 1. The molecule has 0 aromatic heterocycles. The Morgan fingerprint density at radius 3 is 1.60 bits per heavy atom. The van der Waals surface area contributed by atoms with Crippen molar-refractivity contribution in [1.29, 1.82) is 0 Å². The molecule has 2 atom stereocenters. The highest BCUT2D eigenvalue weighted by atomic mass is 16.5. The maximum Gasteiger partial charge on any atom is 0.306 e. The van der Waals surface area contributed by atoms with Gasteiger partial charge >= 0.3 is 5.97 Å². The van der Waals surface area contributed by atoms with E-state index in [1.54, 1.807) is 21.3 Å². The van der Waals surface area contributed by atoms with Crippen molar-refractivity contribution in [3.8, 4) is 11.5 Å². The molecule has 1 saturated heterocycles. The highest BCUT2D eigenvalue weighted by Gasteiger charge is 2.42. The molecule has 0 unspecified atom stereocenters. The molecule has 9 nitrogen and oxygen atoms in total. The fraction of sp³-hybridized carbons (Fsp3) is 0.571. The molecule has 1 heterocycles.